The third-order valence-corrected chi connectivity index (χ3v) is 1.28. The molecule has 0 saturated carbocycles. The third-order valence-electron chi connectivity index (χ3n) is 1.28. The number of rotatable bonds is 3. The van der Waals surface area contributed by atoms with E-state index >= 15 is 0 Å². The molecule has 0 bridgehead atoms. The van der Waals surface area contributed by atoms with Crippen LogP contribution in [0.1, 0.15) is 24.5 Å². The van der Waals surface area contributed by atoms with Gasteiger partial charge in [-0.3, -0.25) is 0 Å². The van der Waals surface area contributed by atoms with Crippen molar-refractivity contribution < 1.29 is 14.6 Å². The van der Waals surface area contributed by atoms with Crippen LogP contribution < -0.4 is 4.74 Å². The van der Waals surface area contributed by atoms with E-state index in [0.29, 0.717) is 0 Å². The first-order valence-electron chi connectivity index (χ1n) is 3.81. The molecule has 13 heavy (non-hydrogen) atoms. The summed E-state index contributed by atoms with van der Waals surface area (Å²) >= 11 is 0. The smallest absolute Gasteiger partial charge is 0.373 e. The zero-order valence-electron chi connectivity index (χ0n) is 7.68. The summed E-state index contributed by atoms with van der Waals surface area (Å²) in [6, 6.07) is 0.0925. The lowest BCUT2D eigenvalue weighted by atomic mass is 10.5. The average molecular weight is 185 g/mol. The van der Waals surface area contributed by atoms with Gasteiger partial charge in [0.1, 0.15) is 0 Å². The monoisotopic (exact) mass is 185 g/mol. The molecule has 0 aliphatic rings. The molecule has 0 aliphatic carbocycles. The van der Waals surface area contributed by atoms with Crippen LogP contribution in [0.15, 0.2) is 0 Å². The SMILES string of the molecule is CC(C)Oc1nc(C(=O)O)n(C)n1. The summed E-state index contributed by atoms with van der Waals surface area (Å²) in [5.74, 6) is -1.25. The van der Waals surface area contributed by atoms with Gasteiger partial charge in [0.2, 0.25) is 5.82 Å². The summed E-state index contributed by atoms with van der Waals surface area (Å²) in [5, 5.41) is 12.4. The fraction of sp³-hybridized carbons (Fsp3) is 0.571. The van der Waals surface area contributed by atoms with E-state index in [1.165, 1.54) is 11.7 Å². The molecule has 72 valence electrons. The average Bonchev–Trinajstić information content (AvgIpc) is 2.29. The number of aromatic carboxylic acids is 1. The zero-order valence-corrected chi connectivity index (χ0v) is 7.68. The lowest BCUT2D eigenvalue weighted by Gasteiger charge is -2.02. The zero-order chi connectivity index (χ0) is 10.0. The number of hydrogen-bond donors (Lipinski definition) is 1. The predicted octanol–water partition coefficient (Wildman–Crippen LogP) is 0.300. The van der Waals surface area contributed by atoms with Crippen molar-refractivity contribution in [2.45, 2.75) is 20.0 Å². The Labute approximate surface area is 75.2 Å². The fourth-order valence-electron chi connectivity index (χ4n) is 0.808. The summed E-state index contributed by atoms with van der Waals surface area (Å²) in [4.78, 5) is 14.2. The van der Waals surface area contributed by atoms with Crippen molar-refractivity contribution in [1.82, 2.24) is 14.8 Å². The fourth-order valence-corrected chi connectivity index (χ4v) is 0.808. The van der Waals surface area contributed by atoms with Gasteiger partial charge in [0.05, 0.1) is 6.10 Å². The Bertz CT molecular complexity index is 319. The summed E-state index contributed by atoms with van der Waals surface area (Å²) < 4.78 is 6.29. The Morgan fingerprint density at radius 1 is 1.62 bits per heavy atom. The molecule has 0 fully saturated rings. The van der Waals surface area contributed by atoms with Gasteiger partial charge in [-0.2, -0.15) is 4.98 Å². The van der Waals surface area contributed by atoms with Crippen LogP contribution in [-0.4, -0.2) is 31.9 Å². The Hall–Kier alpha value is -1.59. The number of carbonyl (C=O) groups is 1. The van der Waals surface area contributed by atoms with E-state index in [4.69, 9.17) is 9.84 Å². The van der Waals surface area contributed by atoms with Crippen LogP contribution >= 0.6 is 0 Å². The van der Waals surface area contributed by atoms with Crippen LogP contribution in [0, 0.1) is 0 Å². The van der Waals surface area contributed by atoms with Gasteiger partial charge in [-0.25, -0.2) is 9.48 Å². The number of carboxylic acid groups (broad SMARTS) is 1. The molecule has 6 heteroatoms. The number of carboxylic acids is 1. The quantitative estimate of drug-likeness (QED) is 0.732. The van der Waals surface area contributed by atoms with E-state index in [9.17, 15) is 4.79 Å². The molecule has 0 aromatic carbocycles. The molecule has 0 amide bonds. The van der Waals surface area contributed by atoms with Crippen molar-refractivity contribution in [2.24, 2.45) is 7.05 Å². The number of ether oxygens (including phenoxy) is 1. The standard InChI is InChI=1S/C7H11N3O3/c1-4(2)13-7-8-5(6(11)12)10(3)9-7/h4H,1-3H3,(H,11,12). The van der Waals surface area contributed by atoms with Gasteiger partial charge in [-0.1, -0.05) is 0 Å². The van der Waals surface area contributed by atoms with Crippen LogP contribution in [0.4, 0.5) is 0 Å². The third kappa shape index (κ3) is 2.17. The predicted molar refractivity (Wildman–Crippen MR) is 43.7 cm³/mol. The van der Waals surface area contributed by atoms with Gasteiger partial charge >= 0.3 is 12.0 Å². The first-order chi connectivity index (χ1) is 6.00. The van der Waals surface area contributed by atoms with E-state index in [1.54, 1.807) is 0 Å². The Balaban J connectivity index is 2.89. The van der Waals surface area contributed by atoms with Crippen LogP contribution in [0.5, 0.6) is 6.01 Å². The largest absolute Gasteiger partial charge is 0.475 e. The highest BCUT2D eigenvalue weighted by Crippen LogP contribution is 2.06. The molecule has 0 unspecified atom stereocenters. The molecule has 0 spiro atoms. The molecule has 1 rings (SSSR count). The van der Waals surface area contributed by atoms with Crippen molar-refractivity contribution in [1.29, 1.82) is 0 Å². The maximum Gasteiger partial charge on any atom is 0.373 e. The highest BCUT2D eigenvalue weighted by atomic mass is 16.5. The number of aryl methyl sites for hydroxylation is 1. The maximum atomic E-state index is 10.5. The molecule has 0 radical (unpaired) electrons. The second-order valence-corrected chi connectivity index (χ2v) is 2.81. The van der Waals surface area contributed by atoms with E-state index in [-0.39, 0.29) is 17.9 Å². The minimum absolute atomic E-state index is 0.0657. The lowest BCUT2D eigenvalue weighted by molar-refractivity contribution is 0.0677. The molecule has 6 nitrogen and oxygen atoms in total. The van der Waals surface area contributed by atoms with Gasteiger partial charge in [0, 0.05) is 7.05 Å². The summed E-state index contributed by atoms with van der Waals surface area (Å²) in [6.07, 6.45) is -0.0657. The van der Waals surface area contributed by atoms with Gasteiger partial charge in [0.15, 0.2) is 0 Å². The normalized spacial score (nSPS) is 10.5. The minimum atomic E-state index is -1.12. The number of hydrogen-bond acceptors (Lipinski definition) is 4. The maximum absolute atomic E-state index is 10.5. The van der Waals surface area contributed by atoms with Gasteiger partial charge < -0.3 is 9.84 Å². The highest BCUT2D eigenvalue weighted by Gasteiger charge is 2.14. The summed E-state index contributed by atoms with van der Waals surface area (Å²) in [7, 11) is 1.50. The second-order valence-electron chi connectivity index (χ2n) is 2.81. The van der Waals surface area contributed by atoms with E-state index in [1.807, 2.05) is 13.8 Å². The van der Waals surface area contributed by atoms with Crippen molar-refractivity contribution in [3.8, 4) is 6.01 Å². The van der Waals surface area contributed by atoms with Crippen LogP contribution in [0.3, 0.4) is 0 Å². The van der Waals surface area contributed by atoms with Crippen molar-refractivity contribution in [2.75, 3.05) is 0 Å². The minimum Gasteiger partial charge on any atom is -0.475 e. The molecule has 0 aliphatic heterocycles. The highest BCUT2D eigenvalue weighted by molar-refractivity contribution is 5.83. The molecule has 1 aromatic heterocycles. The molecule has 0 saturated heterocycles. The van der Waals surface area contributed by atoms with Crippen molar-refractivity contribution in [3.05, 3.63) is 5.82 Å². The Morgan fingerprint density at radius 3 is 2.62 bits per heavy atom. The second kappa shape index (κ2) is 3.42. The van der Waals surface area contributed by atoms with Crippen molar-refractivity contribution in [3.63, 3.8) is 0 Å². The Kier molecular flexibility index (Phi) is 2.50. The van der Waals surface area contributed by atoms with Gasteiger partial charge in [0.25, 0.3) is 0 Å². The molecule has 1 aromatic rings. The number of nitrogens with zero attached hydrogens (tertiary/aromatic N) is 3. The van der Waals surface area contributed by atoms with Crippen molar-refractivity contribution >= 4 is 5.97 Å². The lowest BCUT2D eigenvalue weighted by Crippen LogP contribution is -2.06. The van der Waals surface area contributed by atoms with Crippen LogP contribution in [0.25, 0.3) is 0 Å². The van der Waals surface area contributed by atoms with E-state index in [2.05, 4.69) is 10.1 Å². The molecule has 1 heterocycles. The summed E-state index contributed by atoms with van der Waals surface area (Å²) in [5.41, 5.74) is 0. The first kappa shape index (κ1) is 9.50. The van der Waals surface area contributed by atoms with Crippen LogP contribution in [0.2, 0.25) is 0 Å². The molecule has 1 N–H and O–H groups in total. The first-order valence-corrected chi connectivity index (χ1v) is 3.81. The summed E-state index contributed by atoms with van der Waals surface area (Å²) in [6.45, 7) is 3.63. The van der Waals surface area contributed by atoms with Gasteiger partial charge in [-0.05, 0) is 13.8 Å². The number of aromatic nitrogens is 3. The molecular formula is C7H11N3O3. The molecular weight excluding hydrogens is 174 g/mol. The van der Waals surface area contributed by atoms with E-state index in [0.717, 1.165) is 0 Å². The molecule has 0 atom stereocenters. The van der Waals surface area contributed by atoms with E-state index < -0.39 is 5.97 Å². The van der Waals surface area contributed by atoms with Gasteiger partial charge in [-0.15, -0.1) is 5.10 Å². The Morgan fingerprint density at radius 2 is 2.23 bits per heavy atom. The topological polar surface area (TPSA) is 77.2 Å². The van der Waals surface area contributed by atoms with Crippen LogP contribution in [-0.2, 0) is 7.05 Å².